The van der Waals surface area contributed by atoms with E-state index in [9.17, 15) is 0 Å². The van der Waals surface area contributed by atoms with Crippen LogP contribution >= 0.6 is 11.3 Å². The van der Waals surface area contributed by atoms with E-state index in [1.807, 2.05) is 11.3 Å². The minimum absolute atomic E-state index is 0.383. The lowest BCUT2D eigenvalue weighted by Crippen LogP contribution is -2.33. The van der Waals surface area contributed by atoms with Gasteiger partial charge in [-0.3, -0.25) is 0 Å². The van der Waals surface area contributed by atoms with Crippen molar-refractivity contribution in [3.63, 3.8) is 0 Å². The lowest BCUT2D eigenvalue weighted by molar-refractivity contribution is 0.231. The molecule has 3 heteroatoms. The fourth-order valence-electron chi connectivity index (χ4n) is 1.84. The van der Waals surface area contributed by atoms with Crippen LogP contribution in [0.1, 0.15) is 25.1 Å². The van der Waals surface area contributed by atoms with Crippen molar-refractivity contribution in [3.8, 4) is 0 Å². The molecule has 0 unspecified atom stereocenters. The number of aryl methyl sites for hydroxylation is 1. The maximum Gasteiger partial charge on any atom is 0.187 e. The van der Waals surface area contributed by atoms with Crippen LogP contribution in [-0.2, 0) is 10.8 Å². The van der Waals surface area contributed by atoms with E-state index in [0.717, 1.165) is 0 Å². The highest BCUT2D eigenvalue weighted by Gasteiger charge is 2.22. The molecule has 1 nitrogen and oxygen atoms in total. The summed E-state index contributed by atoms with van der Waals surface area (Å²) < 4.78 is 6.00. The number of hydrogen-bond acceptors (Lipinski definition) is 2. The Labute approximate surface area is 98.6 Å². The van der Waals surface area contributed by atoms with Crippen molar-refractivity contribution in [3.05, 3.63) is 22.4 Å². The van der Waals surface area contributed by atoms with Gasteiger partial charge in [0.15, 0.2) is 8.32 Å². The average molecular weight is 242 g/mol. The van der Waals surface area contributed by atoms with Gasteiger partial charge in [0.25, 0.3) is 0 Å². The largest absolute Gasteiger partial charge is 0.415 e. The normalized spacial score (nSPS) is 12.3. The fourth-order valence-corrected chi connectivity index (χ4v) is 5.01. The van der Waals surface area contributed by atoms with E-state index in [1.165, 1.54) is 23.8 Å². The second kappa shape index (κ2) is 5.82. The first kappa shape index (κ1) is 12.9. The summed E-state index contributed by atoms with van der Waals surface area (Å²) in [5.74, 6) is 0. The van der Waals surface area contributed by atoms with Gasteiger partial charge < -0.3 is 4.43 Å². The molecule has 0 aliphatic rings. The van der Waals surface area contributed by atoms with E-state index in [0.29, 0.717) is 6.10 Å². The van der Waals surface area contributed by atoms with Crippen molar-refractivity contribution in [1.82, 2.24) is 0 Å². The summed E-state index contributed by atoms with van der Waals surface area (Å²) >= 11 is 1.86. The van der Waals surface area contributed by atoms with Gasteiger partial charge in [-0.05, 0) is 57.3 Å². The van der Waals surface area contributed by atoms with Gasteiger partial charge in [0, 0.05) is 11.0 Å². The SMILES string of the molecule is CC(C)O[Si](C)(C)CCCc1cccs1. The quantitative estimate of drug-likeness (QED) is 0.675. The third-order valence-electron chi connectivity index (χ3n) is 2.34. The molecule has 1 aromatic rings. The lowest BCUT2D eigenvalue weighted by Gasteiger charge is -2.25. The van der Waals surface area contributed by atoms with Gasteiger partial charge in [-0.1, -0.05) is 6.07 Å². The zero-order valence-corrected chi connectivity index (χ0v) is 12.1. The zero-order chi connectivity index (χ0) is 11.3. The molecular weight excluding hydrogens is 220 g/mol. The Morgan fingerprint density at radius 3 is 2.67 bits per heavy atom. The Balaban J connectivity index is 2.24. The Kier molecular flexibility index (Phi) is 5.03. The molecule has 0 atom stereocenters. The molecule has 1 aromatic heterocycles. The van der Waals surface area contributed by atoms with Crippen molar-refractivity contribution in [2.24, 2.45) is 0 Å². The van der Waals surface area contributed by atoms with Crippen LogP contribution in [0.25, 0.3) is 0 Å². The summed E-state index contributed by atoms with van der Waals surface area (Å²) in [5.41, 5.74) is 0. The predicted molar refractivity (Wildman–Crippen MR) is 71.2 cm³/mol. The molecule has 0 N–H and O–H groups in total. The first-order chi connectivity index (χ1) is 6.99. The molecule has 86 valence electrons. The maximum atomic E-state index is 6.00. The van der Waals surface area contributed by atoms with Crippen molar-refractivity contribution in [2.45, 2.75) is 51.9 Å². The van der Waals surface area contributed by atoms with E-state index in [-0.39, 0.29) is 0 Å². The van der Waals surface area contributed by atoms with Crippen LogP contribution in [0.4, 0.5) is 0 Å². The summed E-state index contributed by atoms with van der Waals surface area (Å²) in [6.07, 6.45) is 2.87. The molecule has 15 heavy (non-hydrogen) atoms. The second-order valence-corrected chi connectivity index (χ2v) is 10.1. The first-order valence-electron chi connectivity index (χ1n) is 5.70. The molecule has 0 saturated carbocycles. The monoisotopic (exact) mass is 242 g/mol. The summed E-state index contributed by atoms with van der Waals surface area (Å²) in [4.78, 5) is 1.50. The third kappa shape index (κ3) is 5.49. The second-order valence-electron chi connectivity index (χ2n) is 4.86. The van der Waals surface area contributed by atoms with Gasteiger partial charge in [-0.25, -0.2) is 0 Å². The standard InChI is InChI=1S/C12H22OSSi/c1-11(2)13-15(3,4)10-6-8-12-7-5-9-14-12/h5,7,9,11H,6,8,10H2,1-4H3. The molecule has 0 aliphatic carbocycles. The molecule has 0 spiro atoms. The summed E-state index contributed by atoms with van der Waals surface area (Å²) in [7, 11) is -1.40. The van der Waals surface area contributed by atoms with Crippen LogP contribution in [0.2, 0.25) is 19.1 Å². The van der Waals surface area contributed by atoms with Crippen LogP contribution in [0, 0.1) is 0 Å². The Morgan fingerprint density at radius 2 is 2.13 bits per heavy atom. The van der Waals surface area contributed by atoms with E-state index in [1.54, 1.807) is 0 Å². The van der Waals surface area contributed by atoms with Crippen LogP contribution in [-0.4, -0.2) is 14.4 Å². The Bertz CT molecular complexity index is 267. The summed E-state index contributed by atoms with van der Waals surface area (Å²) in [5, 5.41) is 2.16. The zero-order valence-electron chi connectivity index (χ0n) is 10.2. The minimum Gasteiger partial charge on any atom is -0.415 e. The van der Waals surface area contributed by atoms with Crippen LogP contribution in [0.15, 0.2) is 17.5 Å². The van der Waals surface area contributed by atoms with Gasteiger partial charge >= 0.3 is 0 Å². The van der Waals surface area contributed by atoms with Crippen molar-refractivity contribution in [2.75, 3.05) is 0 Å². The van der Waals surface area contributed by atoms with Gasteiger partial charge in [0.2, 0.25) is 0 Å². The molecule has 0 radical (unpaired) electrons. The molecule has 0 amide bonds. The van der Waals surface area contributed by atoms with Crippen LogP contribution in [0.5, 0.6) is 0 Å². The average Bonchev–Trinajstić information content (AvgIpc) is 2.53. The Hall–Kier alpha value is -0.123. The molecule has 1 heterocycles. The number of thiophene rings is 1. The van der Waals surface area contributed by atoms with Crippen molar-refractivity contribution < 1.29 is 4.43 Å². The lowest BCUT2D eigenvalue weighted by atomic mass is 10.3. The van der Waals surface area contributed by atoms with E-state index >= 15 is 0 Å². The topological polar surface area (TPSA) is 9.23 Å². The highest BCUT2D eigenvalue weighted by molar-refractivity contribution is 7.09. The summed E-state index contributed by atoms with van der Waals surface area (Å²) in [6.45, 7) is 8.91. The van der Waals surface area contributed by atoms with Crippen LogP contribution < -0.4 is 0 Å². The van der Waals surface area contributed by atoms with E-state index in [2.05, 4.69) is 44.5 Å². The van der Waals surface area contributed by atoms with Gasteiger partial charge in [0.1, 0.15) is 0 Å². The summed E-state index contributed by atoms with van der Waals surface area (Å²) in [6, 6.07) is 5.62. The molecule has 0 bridgehead atoms. The molecule has 0 aliphatic heterocycles. The molecular formula is C12H22OSSi. The third-order valence-corrected chi connectivity index (χ3v) is 5.94. The van der Waals surface area contributed by atoms with Crippen LogP contribution in [0.3, 0.4) is 0 Å². The molecule has 1 rings (SSSR count). The molecule has 0 fully saturated rings. The highest BCUT2D eigenvalue weighted by atomic mass is 32.1. The van der Waals surface area contributed by atoms with E-state index < -0.39 is 8.32 Å². The molecule has 0 saturated heterocycles. The smallest absolute Gasteiger partial charge is 0.187 e. The first-order valence-corrected chi connectivity index (χ1v) is 9.69. The Morgan fingerprint density at radius 1 is 1.40 bits per heavy atom. The van der Waals surface area contributed by atoms with Crippen molar-refractivity contribution in [1.29, 1.82) is 0 Å². The maximum absolute atomic E-state index is 6.00. The highest BCUT2D eigenvalue weighted by Crippen LogP contribution is 2.19. The van der Waals surface area contributed by atoms with Gasteiger partial charge in [0.05, 0.1) is 0 Å². The minimum atomic E-state index is -1.40. The van der Waals surface area contributed by atoms with Gasteiger partial charge in [-0.15, -0.1) is 11.3 Å². The number of rotatable bonds is 6. The van der Waals surface area contributed by atoms with Crippen molar-refractivity contribution >= 4 is 19.7 Å². The number of hydrogen-bond donors (Lipinski definition) is 0. The predicted octanol–water partition coefficient (Wildman–Crippen LogP) is 4.31. The fraction of sp³-hybridized carbons (Fsp3) is 0.667. The van der Waals surface area contributed by atoms with Gasteiger partial charge in [-0.2, -0.15) is 0 Å². The van der Waals surface area contributed by atoms with E-state index in [4.69, 9.17) is 4.43 Å². The molecule has 0 aromatic carbocycles.